The highest BCUT2D eigenvalue weighted by Gasteiger charge is 2.17. The van der Waals surface area contributed by atoms with Crippen LogP contribution >= 0.6 is 23.2 Å². The minimum atomic E-state index is -0.125. The summed E-state index contributed by atoms with van der Waals surface area (Å²) >= 11 is 11.9. The molecule has 0 spiro atoms. The van der Waals surface area contributed by atoms with Crippen LogP contribution in [0.5, 0.6) is 5.75 Å². The van der Waals surface area contributed by atoms with Crippen molar-refractivity contribution in [2.24, 2.45) is 0 Å². The number of ether oxygens (including phenoxy) is 1. The lowest BCUT2D eigenvalue weighted by molar-refractivity contribution is -0.116. The van der Waals surface area contributed by atoms with Crippen LogP contribution < -0.4 is 10.1 Å². The molecule has 1 fully saturated rings. The summed E-state index contributed by atoms with van der Waals surface area (Å²) in [7, 11) is 0. The van der Waals surface area contributed by atoms with Gasteiger partial charge in [0.05, 0.1) is 11.6 Å². The fraction of sp³-hybridized carbons (Fsp3) is 0.391. The van der Waals surface area contributed by atoms with E-state index in [0.29, 0.717) is 46.5 Å². The monoisotopic (exact) mass is 448 g/mol. The third-order valence-electron chi connectivity index (χ3n) is 4.99. The van der Waals surface area contributed by atoms with Gasteiger partial charge in [0.25, 0.3) is 5.91 Å². The van der Waals surface area contributed by atoms with Crippen molar-refractivity contribution in [3.8, 4) is 5.75 Å². The van der Waals surface area contributed by atoms with Crippen molar-refractivity contribution >= 4 is 40.7 Å². The number of carbonyl (C=O) groups excluding carboxylic acids is 2. The number of hydrogen-bond acceptors (Lipinski definition) is 3. The maximum absolute atomic E-state index is 12.8. The van der Waals surface area contributed by atoms with E-state index in [0.717, 1.165) is 25.9 Å². The number of anilines is 1. The molecule has 0 atom stereocenters. The Kier molecular flexibility index (Phi) is 8.40. The van der Waals surface area contributed by atoms with Gasteiger partial charge in [-0.15, -0.1) is 0 Å². The molecular weight excluding hydrogens is 423 g/mol. The number of halogens is 2. The summed E-state index contributed by atoms with van der Waals surface area (Å²) in [5.74, 6) is 0.447. The fourth-order valence-corrected chi connectivity index (χ4v) is 3.88. The third kappa shape index (κ3) is 6.64. The number of rotatable bonds is 7. The van der Waals surface area contributed by atoms with Gasteiger partial charge in [0.15, 0.2) is 0 Å². The maximum Gasteiger partial charge on any atom is 0.253 e. The summed E-state index contributed by atoms with van der Waals surface area (Å²) in [6.45, 7) is 1.96. The van der Waals surface area contributed by atoms with E-state index in [-0.39, 0.29) is 11.8 Å². The van der Waals surface area contributed by atoms with Crippen LogP contribution in [0.2, 0.25) is 10.0 Å². The van der Waals surface area contributed by atoms with Gasteiger partial charge in [0.2, 0.25) is 5.91 Å². The number of nitrogens with zero attached hydrogens (tertiary/aromatic N) is 1. The van der Waals surface area contributed by atoms with Gasteiger partial charge in [-0.05, 0) is 55.7 Å². The Morgan fingerprint density at radius 3 is 2.50 bits per heavy atom. The number of carbonyl (C=O) groups is 2. The first-order chi connectivity index (χ1) is 14.5. The second-order valence-electron chi connectivity index (χ2n) is 7.36. The van der Waals surface area contributed by atoms with Crippen LogP contribution in [0.25, 0.3) is 0 Å². The number of benzene rings is 2. The van der Waals surface area contributed by atoms with E-state index < -0.39 is 0 Å². The first-order valence-corrected chi connectivity index (χ1v) is 11.1. The molecule has 0 aromatic heterocycles. The standard InChI is InChI=1S/C23H26Cl2N2O3/c24-18-10-11-21(20(25)16-18)30-14-6-9-22(28)26-19-8-5-7-17(15-19)23(29)27-12-3-1-2-4-13-27/h5,7-8,10-11,15-16H,1-4,6,9,12-14H2,(H,26,28). The quantitative estimate of drug-likeness (QED) is 0.543. The highest BCUT2D eigenvalue weighted by Crippen LogP contribution is 2.27. The molecule has 2 amide bonds. The number of hydrogen-bond donors (Lipinski definition) is 1. The van der Waals surface area contributed by atoms with E-state index in [1.807, 2.05) is 4.90 Å². The Labute approximate surface area is 187 Å². The van der Waals surface area contributed by atoms with Crippen molar-refractivity contribution in [1.29, 1.82) is 0 Å². The van der Waals surface area contributed by atoms with Crippen LogP contribution in [-0.2, 0) is 4.79 Å². The molecule has 0 aliphatic carbocycles. The fourth-order valence-electron chi connectivity index (χ4n) is 3.42. The molecule has 1 aliphatic rings. The van der Waals surface area contributed by atoms with Gasteiger partial charge < -0.3 is 15.0 Å². The van der Waals surface area contributed by atoms with Gasteiger partial charge in [-0.3, -0.25) is 9.59 Å². The summed E-state index contributed by atoms with van der Waals surface area (Å²) in [6, 6.07) is 12.2. The smallest absolute Gasteiger partial charge is 0.253 e. The Bertz CT molecular complexity index is 881. The van der Waals surface area contributed by atoms with Crippen molar-refractivity contribution in [3.05, 3.63) is 58.1 Å². The van der Waals surface area contributed by atoms with Crippen LogP contribution in [-0.4, -0.2) is 36.4 Å². The van der Waals surface area contributed by atoms with Gasteiger partial charge in [-0.1, -0.05) is 42.1 Å². The van der Waals surface area contributed by atoms with Crippen LogP contribution in [0.1, 0.15) is 48.9 Å². The highest BCUT2D eigenvalue weighted by atomic mass is 35.5. The Balaban J connectivity index is 1.47. The summed E-state index contributed by atoms with van der Waals surface area (Å²) in [6.07, 6.45) is 5.28. The molecule has 0 unspecified atom stereocenters. The molecule has 7 heteroatoms. The van der Waals surface area contributed by atoms with Crippen LogP contribution in [0.3, 0.4) is 0 Å². The molecule has 160 valence electrons. The lowest BCUT2D eigenvalue weighted by Gasteiger charge is -2.20. The molecule has 0 bridgehead atoms. The number of likely N-dealkylation sites (tertiary alicyclic amines) is 1. The lowest BCUT2D eigenvalue weighted by atomic mass is 10.1. The molecule has 0 saturated carbocycles. The van der Waals surface area contributed by atoms with Crippen LogP contribution in [0.4, 0.5) is 5.69 Å². The SMILES string of the molecule is O=C(CCCOc1ccc(Cl)cc1Cl)Nc1cccc(C(=O)N2CCCCCC2)c1. The predicted octanol–water partition coefficient (Wildman–Crippen LogP) is 5.81. The minimum absolute atomic E-state index is 0.0289. The molecule has 2 aromatic carbocycles. The summed E-state index contributed by atoms with van der Waals surface area (Å²) in [5.41, 5.74) is 1.23. The second-order valence-corrected chi connectivity index (χ2v) is 8.21. The van der Waals surface area contributed by atoms with Gasteiger partial charge in [-0.2, -0.15) is 0 Å². The first-order valence-electron chi connectivity index (χ1n) is 10.3. The van der Waals surface area contributed by atoms with E-state index in [1.54, 1.807) is 42.5 Å². The molecule has 5 nitrogen and oxygen atoms in total. The minimum Gasteiger partial charge on any atom is -0.492 e. The molecule has 3 rings (SSSR count). The predicted molar refractivity (Wildman–Crippen MR) is 121 cm³/mol. The molecule has 30 heavy (non-hydrogen) atoms. The largest absolute Gasteiger partial charge is 0.492 e. The van der Waals surface area contributed by atoms with Gasteiger partial charge in [0.1, 0.15) is 5.75 Å². The average molecular weight is 449 g/mol. The van der Waals surface area contributed by atoms with Gasteiger partial charge >= 0.3 is 0 Å². The van der Waals surface area contributed by atoms with Crippen LogP contribution in [0, 0.1) is 0 Å². The zero-order valence-electron chi connectivity index (χ0n) is 16.8. The van der Waals surface area contributed by atoms with Crippen LogP contribution in [0.15, 0.2) is 42.5 Å². The second kappa shape index (κ2) is 11.2. The van der Waals surface area contributed by atoms with E-state index in [2.05, 4.69) is 5.32 Å². The average Bonchev–Trinajstić information content (AvgIpc) is 3.02. The molecule has 1 heterocycles. The van der Waals surface area contributed by atoms with E-state index in [4.69, 9.17) is 27.9 Å². The van der Waals surface area contributed by atoms with E-state index >= 15 is 0 Å². The van der Waals surface area contributed by atoms with Gasteiger partial charge in [-0.25, -0.2) is 0 Å². The zero-order valence-corrected chi connectivity index (χ0v) is 18.3. The summed E-state index contributed by atoms with van der Waals surface area (Å²) < 4.78 is 5.60. The van der Waals surface area contributed by atoms with Crippen molar-refractivity contribution < 1.29 is 14.3 Å². The Morgan fingerprint density at radius 2 is 1.77 bits per heavy atom. The topological polar surface area (TPSA) is 58.6 Å². The molecule has 0 radical (unpaired) electrons. The first kappa shape index (κ1) is 22.4. The Hall–Kier alpha value is -2.24. The number of nitrogens with one attached hydrogen (secondary N) is 1. The van der Waals surface area contributed by atoms with Crippen molar-refractivity contribution in [2.75, 3.05) is 25.0 Å². The number of amides is 2. The summed E-state index contributed by atoms with van der Waals surface area (Å²) in [5, 5.41) is 3.85. The molecule has 1 aliphatic heterocycles. The zero-order chi connectivity index (χ0) is 21.3. The molecule has 1 N–H and O–H groups in total. The normalized spacial score (nSPS) is 14.1. The van der Waals surface area contributed by atoms with Crippen molar-refractivity contribution in [1.82, 2.24) is 4.90 Å². The van der Waals surface area contributed by atoms with Gasteiger partial charge in [0, 0.05) is 35.8 Å². The lowest BCUT2D eigenvalue weighted by Crippen LogP contribution is -2.31. The molecule has 2 aromatic rings. The molecular formula is C23H26Cl2N2O3. The van der Waals surface area contributed by atoms with E-state index in [1.165, 1.54) is 12.8 Å². The molecule has 1 saturated heterocycles. The maximum atomic E-state index is 12.8. The van der Waals surface area contributed by atoms with Crippen molar-refractivity contribution in [2.45, 2.75) is 38.5 Å². The third-order valence-corrected chi connectivity index (χ3v) is 5.52. The van der Waals surface area contributed by atoms with Crippen molar-refractivity contribution in [3.63, 3.8) is 0 Å². The van der Waals surface area contributed by atoms with E-state index in [9.17, 15) is 9.59 Å². The Morgan fingerprint density at radius 1 is 1.00 bits per heavy atom. The highest BCUT2D eigenvalue weighted by molar-refractivity contribution is 6.35. The summed E-state index contributed by atoms with van der Waals surface area (Å²) in [4.78, 5) is 26.9.